The van der Waals surface area contributed by atoms with Crippen molar-refractivity contribution in [3.8, 4) is 0 Å². The Kier molecular flexibility index (Phi) is 4.83. The van der Waals surface area contributed by atoms with Crippen molar-refractivity contribution >= 4 is 15.9 Å². The predicted molar refractivity (Wildman–Crippen MR) is 89.0 cm³/mol. The smallest absolute Gasteiger partial charge is 0.0178 e. The highest BCUT2D eigenvalue weighted by Crippen LogP contribution is 2.38. The molecular formula is C18H26BrN. The van der Waals surface area contributed by atoms with Gasteiger partial charge in [0.2, 0.25) is 0 Å². The topological polar surface area (TPSA) is 12.0 Å². The molecule has 2 unspecified atom stereocenters. The monoisotopic (exact) mass is 335 g/mol. The lowest BCUT2D eigenvalue weighted by Gasteiger charge is -2.38. The van der Waals surface area contributed by atoms with Gasteiger partial charge in [0.25, 0.3) is 0 Å². The van der Waals surface area contributed by atoms with Crippen LogP contribution in [0, 0.1) is 11.8 Å². The van der Waals surface area contributed by atoms with Gasteiger partial charge in [0.15, 0.2) is 0 Å². The van der Waals surface area contributed by atoms with Crippen LogP contribution in [0.25, 0.3) is 0 Å². The first kappa shape index (κ1) is 14.6. The molecule has 0 radical (unpaired) electrons. The molecule has 0 bridgehead atoms. The number of hydrogen-bond donors (Lipinski definition) is 1. The van der Waals surface area contributed by atoms with Crippen molar-refractivity contribution in [2.24, 2.45) is 11.8 Å². The number of halogens is 1. The minimum absolute atomic E-state index is 0.760. The third kappa shape index (κ3) is 3.65. The molecule has 2 saturated carbocycles. The van der Waals surface area contributed by atoms with Crippen LogP contribution >= 0.6 is 15.9 Å². The molecule has 3 rings (SSSR count). The highest BCUT2D eigenvalue weighted by molar-refractivity contribution is 9.10. The summed E-state index contributed by atoms with van der Waals surface area (Å²) in [5.74, 6) is 2.66. The van der Waals surface area contributed by atoms with Crippen molar-refractivity contribution < 1.29 is 0 Å². The molecule has 0 aliphatic heterocycles. The van der Waals surface area contributed by atoms with Gasteiger partial charge in [-0.3, -0.25) is 0 Å². The summed E-state index contributed by atoms with van der Waals surface area (Å²) in [6, 6.07) is 9.58. The summed E-state index contributed by atoms with van der Waals surface area (Å²) < 4.78 is 1.21. The third-order valence-corrected chi connectivity index (χ3v) is 5.69. The quantitative estimate of drug-likeness (QED) is 0.805. The Balaban J connectivity index is 1.40. The Labute approximate surface area is 131 Å². The summed E-state index contributed by atoms with van der Waals surface area (Å²) in [5, 5.41) is 3.81. The predicted octanol–water partition coefficient (Wildman–Crippen LogP) is 5.11. The van der Waals surface area contributed by atoms with E-state index in [1.165, 1.54) is 55.1 Å². The Morgan fingerprint density at radius 2 is 2.05 bits per heavy atom. The van der Waals surface area contributed by atoms with Crippen LogP contribution in [0.2, 0.25) is 0 Å². The maximum atomic E-state index is 3.81. The average Bonchev–Trinajstić information content (AvgIpc) is 2.37. The van der Waals surface area contributed by atoms with Crippen LogP contribution in [0.3, 0.4) is 0 Å². The van der Waals surface area contributed by atoms with Gasteiger partial charge in [-0.25, -0.2) is 0 Å². The van der Waals surface area contributed by atoms with Gasteiger partial charge in [0.05, 0.1) is 0 Å². The molecule has 110 valence electrons. The molecule has 0 amide bonds. The van der Waals surface area contributed by atoms with Crippen LogP contribution < -0.4 is 5.32 Å². The molecular weight excluding hydrogens is 310 g/mol. The van der Waals surface area contributed by atoms with E-state index >= 15 is 0 Å². The lowest BCUT2D eigenvalue weighted by molar-refractivity contribution is 0.232. The van der Waals surface area contributed by atoms with E-state index in [2.05, 4.69) is 52.4 Å². The summed E-state index contributed by atoms with van der Waals surface area (Å²) in [6.07, 6.45) is 8.41. The molecule has 0 saturated heterocycles. The van der Waals surface area contributed by atoms with Gasteiger partial charge >= 0.3 is 0 Å². The number of benzene rings is 1. The molecule has 2 heteroatoms. The number of hydrogen-bond acceptors (Lipinski definition) is 1. The van der Waals surface area contributed by atoms with Crippen molar-refractivity contribution in [3.05, 3.63) is 34.3 Å². The second kappa shape index (κ2) is 6.62. The van der Waals surface area contributed by atoms with Crippen molar-refractivity contribution in [2.75, 3.05) is 6.54 Å². The number of rotatable bonds is 4. The molecule has 2 fully saturated rings. The second-order valence-corrected chi connectivity index (χ2v) is 7.88. The van der Waals surface area contributed by atoms with E-state index in [9.17, 15) is 0 Å². The average molecular weight is 336 g/mol. The highest BCUT2D eigenvalue weighted by Gasteiger charge is 2.30. The van der Waals surface area contributed by atoms with Crippen LogP contribution in [0.4, 0.5) is 0 Å². The maximum absolute atomic E-state index is 3.81. The van der Waals surface area contributed by atoms with Gasteiger partial charge < -0.3 is 5.32 Å². The molecule has 2 aliphatic rings. The zero-order valence-corrected chi connectivity index (χ0v) is 14.0. The molecule has 2 aliphatic carbocycles. The first-order valence-electron chi connectivity index (χ1n) is 8.19. The van der Waals surface area contributed by atoms with Gasteiger partial charge in [-0.15, -0.1) is 0 Å². The fourth-order valence-electron chi connectivity index (χ4n) is 3.90. The van der Waals surface area contributed by atoms with E-state index in [0.29, 0.717) is 0 Å². The van der Waals surface area contributed by atoms with Crippen LogP contribution in [-0.4, -0.2) is 12.6 Å². The fourth-order valence-corrected chi connectivity index (χ4v) is 4.31. The maximum Gasteiger partial charge on any atom is 0.0178 e. The van der Waals surface area contributed by atoms with E-state index in [4.69, 9.17) is 0 Å². The van der Waals surface area contributed by atoms with Gasteiger partial charge in [-0.1, -0.05) is 47.8 Å². The zero-order valence-electron chi connectivity index (χ0n) is 12.4. The van der Waals surface area contributed by atoms with E-state index in [-0.39, 0.29) is 0 Å². The van der Waals surface area contributed by atoms with Crippen LogP contribution in [0.1, 0.15) is 56.9 Å². The minimum Gasteiger partial charge on any atom is -0.314 e. The normalized spacial score (nSPS) is 33.7. The van der Waals surface area contributed by atoms with Gasteiger partial charge in [-0.2, -0.15) is 0 Å². The Morgan fingerprint density at radius 1 is 1.20 bits per heavy atom. The van der Waals surface area contributed by atoms with Crippen molar-refractivity contribution in [2.45, 2.75) is 57.4 Å². The number of nitrogens with one attached hydrogen (secondary N) is 1. The lowest BCUT2D eigenvalue weighted by Crippen LogP contribution is -2.42. The Hall–Kier alpha value is -0.340. The van der Waals surface area contributed by atoms with Gasteiger partial charge in [0, 0.05) is 10.5 Å². The highest BCUT2D eigenvalue weighted by atomic mass is 79.9. The first-order chi connectivity index (χ1) is 9.70. The molecule has 1 aromatic carbocycles. The molecule has 0 spiro atoms. The standard InChI is InChI=1S/C18H26BrN/c1-13-4-2-5-14(8-13)12-20-18-10-16(11-18)15-6-3-7-17(19)9-15/h3,6-7,9,13-14,16,18,20H,2,4-5,8,10-12H2,1H3. The molecule has 0 aromatic heterocycles. The largest absolute Gasteiger partial charge is 0.314 e. The minimum atomic E-state index is 0.760. The van der Waals surface area contributed by atoms with E-state index < -0.39 is 0 Å². The summed E-state index contributed by atoms with van der Waals surface area (Å²) >= 11 is 3.57. The zero-order chi connectivity index (χ0) is 13.9. The molecule has 20 heavy (non-hydrogen) atoms. The third-order valence-electron chi connectivity index (χ3n) is 5.20. The van der Waals surface area contributed by atoms with Crippen molar-refractivity contribution in [3.63, 3.8) is 0 Å². The van der Waals surface area contributed by atoms with Crippen LogP contribution in [0.15, 0.2) is 28.7 Å². The van der Waals surface area contributed by atoms with E-state index in [1.807, 2.05) is 0 Å². The van der Waals surface area contributed by atoms with Crippen molar-refractivity contribution in [1.29, 1.82) is 0 Å². The summed E-state index contributed by atoms with van der Waals surface area (Å²) in [5.41, 5.74) is 1.50. The Bertz CT molecular complexity index is 439. The SMILES string of the molecule is CC1CCCC(CNC2CC(c3cccc(Br)c3)C2)C1. The lowest BCUT2D eigenvalue weighted by atomic mass is 9.75. The van der Waals surface area contributed by atoms with Gasteiger partial charge in [-0.05, 0) is 67.7 Å². The Morgan fingerprint density at radius 3 is 2.80 bits per heavy atom. The molecule has 1 N–H and O–H groups in total. The summed E-state index contributed by atoms with van der Waals surface area (Å²) in [4.78, 5) is 0. The van der Waals surface area contributed by atoms with Crippen LogP contribution in [0.5, 0.6) is 0 Å². The van der Waals surface area contributed by atoms with E-state index in [0.717, 1.165) is 23.8 Å². The van der Waals surface area contributed by atoms with E-state index in [1.54, 1.807) is 0 Å². The van der Waals surface area contributed by atoms with Gasteiger partial charge in [0.1, 0.15) is 0 Å². The summed E-state index contributed by atoms with van der Waals surface area (Å²) in [6.45, 7) is 3.67. The molecule has 2 atom stereocenters. The molecule has 1 nitrogen and oxygen atoms in total. The first-order valence-corrected chi connectivity index (χ1v) is 8.99. The molecule has 1 aromatic rings. The fraction of sp³-hybridized carbons (Fsp3) is 0.667. The summed E-state index contributed by atoms with van der Waals surface area (Å²) in [7, 11) is 0. The second-order valence-electron chi connectivity index (χ2n) is 6.97. The van der Waals surface area contributed by atoms with Crippen LogP contribution in [-0.2, 0) is 0 Å². The van der Waals surface area contributed by atoms with Crippen molar-refractivity contribution in [1.82, 2.24) is 5.32 Å². The molecule has 0 heterocycles.